The third-order valence-corrected chi connectivity index (χ3v) is 3.87. The summed E-state index contributed by atoms with van der Waals surface area (Å²) in [5.74, 6) is 0. The number of hydrogen-bond donors (Lipinski definition) is 2. The van der Waals surface area contributed by atoms with Gasteiger partial charge in [-0.05, 0) is 13.5 Å². The van der Waals surface area contributed by atoms with Gasteiger partial charge in [-0.15, -0.1) is 0 Å². The van der Waals surface area contributed by atoms with E-state index in [0.717, 1.165) is 4.31 Å². The Morgan fingerprint density at radius 2 is 2.06 bits per heavy atom. The minimum Gasteiger partial charge on any atom is -0.316 e. The topological polar surface area (TPSA) is 61.4 Å². The lowest BCUT2D eigenvalue weighted by atomic mass is 10.3. The van der Waals surface area contributed by atoms with Crippen LogP contribution in [0.2, 0.25) is 0 Å². The smallest absolute Gasteiger partial charge is 0.316 e. The van der Waals surface area contributed by atoms with Crippen molar-refractivity contribution in [2.75, 3.05) is 26.7 Å². The van der Waals surface area contributed by atoms with Crippen molar-refractivity contribution in [1.82, 2.24) is 14.3 Å². The predicted molar refractivity (Wildman–Crippen MR) is 52.0 cm³/mol. The van der Waals surface area contributed by atoms with Crippen LogP contribution in [-0.4, -0.2) is 51.6 Å². The minimum absolute atomic E-state index is 0.00228. The van der Waals surface area contributed by atoms with Gasteiger partial charge in [-0.1, -0.05) is 0 Å². The fraction of sp³-hybridized carbons (Fsp3) is 1.00. The van der Waals surface area contributed by atoms with Crippen LogP contribution in [0.5, 0.6) is 0 Å². The summed E-state index contributed by atoms with van der Waals surface area (Å²) in [4.78, 5) is 0. The van der Waals surface area contributed by atoms with Crippen molar-refractivity contribution >= 4 is 10.2 Å². The zero-order valence-corrected chi connectivity index (χ0v) is 9.53. The lowest BCUT2D eigenvalue weighted by molar-refractivity contribution is -0.121. The van der Waals surface area contributed by atoms with E-state index in [-0.39, 0.29) is 19.1 Å². The number of hydrogen-bond acceptors (Lipinski definition) is 3. The monoisotopic (exact) mass is 261 g/mol. The fourth-order valence-corrected chi connectivity index (χ4v) is 2.70. The van der Waals surface area contributed by atoms with Crippen molar-refractivity contribution in [2.45, 2.75) is 18.6 Å². The fourth-order valence-electron chi connectivity index (χ4n) is 1.45. The van der Waals surface area contributed by atoms with Gasteiger partial charge in [0.2, 0.25) is 0 Å². The van der Waals surface area contributed by atoms with Gasteiger partial charge in [-0.25, -0.2) is 0 Å². The maximum absolute atomic E-state index is 11.9. The number of alkyl halides is 3. The van der Waals surface area contributed by atoms with Crippen LogP contribution in [0.1, 0.15) is 6.42 Å². The van der Waals surface area contributed by atoms with Crippen molar-refractivity contribution in [2.24, 2.45) is 0 Å². The van der Waals surface area contributed by atoms with Crippen molar-refractivity contribution in [3.8, 4) is 0 Å². The van der Waals surface area contributed by atoms with Gasteiger partial charge in [0.1, 0.15) is 6.54 Å². The molecule has 1 saturated heterocycles. The average molecular weight is 261 g/mol. The van der Waals surface area contributed by atoms with Crippen LogP contribution in [0.4, 0.5) is 13.2 Å². The van der Waals surface area contributed by atoms with Crippen LogP contribution in [-0.2, 0) is 10.2 Å². The highest BCUT2D eigenvalue weighted by atomic mass is 32.2. The molecule has 9 heteroatoms. The molecule has 1 rings (SSSR count). The van der Waals surface area contributed by atoms with Gasteiger partial charge < -0.3 is 5.32 Å². The predicted octanol–water partition coefficient (Wildman–Crippen LogP) is -0.323. The van der Waals surface area contributed by atoms with Gasteiger partial charge in [0, 0.05) is 19.1 Å². The lowest BCUT2D eigenvalue weighted by Crippen LogP contribution is -2.44. The Bertz CT molecular complexity index is 330. The van der Waals surface area contributed by atoms with Gasteiger partial charge in [0.05, 0.1) is 0 Å². The molecule has 0 aliphatic carbocycles. The highest BCUT2D eigenvalue weighted by molar-refractivity contribution is 7.87. The molecule has 16 heavy (non-hydrogen) atoms. The molecular weight excluding hydrogens is 247 g/mol. The molecule has 0 aromatic rings. The molecule has 0 bridgehead atoms. The lowest BCUT2D eigenvalue weighted by Gasteiger charge is -2.17. The molecule has 0 spiro atoms. The summed E-state index contributed by atoms with van der Waals surface area (Å²) < 4.78 is 61.0. The van der Waals surface area contributed by atoms with E-state index in [4.69, 9.17) is 0 Å². The summed E-state index contributed by atoms with van der Waals surface area (Å²) in [6, 6.07) is 0.00228. The van der Waals surface area contributed by atoms with E-state index < -0.39 is 22.9 Å². The Balaban J connectivity index is 2.52. The Labute approximate surface area is 92.2 Å². The first-order valence-electron chi connectivity index (χ1n) is 4.73. The third kappa shape index (κ3) is 3.89. The van der Waals surface area contributed by atoms with Crippen molar-refractivity contribution in [1.29, 1.82) is 0 Å². The molecule has 1 aliphatic heterocycles. The molecule has 0 aromatic carbocycles. The number of nitrogens with zero attached hydrogens (tertiary/aromatic N) is 1. The molecule has 5 nitrogen and oxygen atoms in total. The number of halogens is 3. The minimum atomic E-state index is -4.53. The molecule has 2 N–H and O–H groups in total. The summed E-state index contributed by atoms with van der Waals surface area (Å²) in [6.07, 6.45) is -3.93. The van der Waals surface area contributed by atoms with Gasteiger partial charge in [0.25, 0.3) is 10.2 Å². The standard InChI is InChI=1S/C7H14F3N3O2S/c1-11-6-2-3-13(4-6)16(14,15)12-5-7(8,9)10/h6,11-12H,2-5H2,1H3. The summed E-state index contributed by atoms with van der Waals surface area (Å²) in [6.45, 7) is -1.10. The summed E-state index contributed by atoms with van der Waals surface area (Å²) in [5, 5.41) is 2.88. The van der Waals surface area contributed by atoms with Crippen LogP contribution in [0, 0.1) is 0 Å². The molecule has 0 amide bonds. The molecule has 96 valence electrons. The maximum atomic E-state index is 11.9. The molecule has 1 aliphatic rings. The normalized spacial score (nSPS) is 23.9. The van der Waals surface area contributed by atoms with Gasteiger partial charge in [0.15, 0.2) is 0 Å². The van der Waals surface area contributed by atoms with Crippen LogP contribution in [0.3, 0.4) is 0 Å². The summed E-state index contributed by atoms with van der Waals surface area (Å²) >= 11 is 0. The van der Waals surface area contributed by atoms with Crippen molar-refractivity contribution in [3.63, 3.8) is 0 Å². The summed E-state index contributed by atoms with van der Waals surface area (Å²) in [7, 11) is -2.33. The second-order valence-corrected chi connectivity index (χ2v) is 5.33. The van der Waals surface area contributed by atoms with Crippen LogP contribution >= 0.6 is 0 Å². The molecule has 0 saturated carbocycles. The van der Waals surface area contributed by atoms with E-state index in [1.54, 1.807) is 7.05 Å². The Morgan fingerprint density at radius 1 is 1.44 bits per heavy atom. The first-order valence-corrected chi connectivity index (χ1v) is 6.17. The van der Waals surface area contributed by atoms with Crippen molar-refractivity contribution in [3.05, 3.63) is 0 Å². The van der Waals surface area contributed by atoms with E-state index in [0.29, 0.717) is 6.42 Å². The van der Waals surface area contributed by atoms with E-state index in [9.17, 15) is 21.6 Å². The van der Waals surface area contributed by atoms with Crippen LogP contribution in [0.15, 0.2) is 0 Å². The molecule has 1 unspecified atom stereocenters. The van der Waals surface area contributed by atoms with Gasteiger partial charge >= 0.3 is 6.18 Å². The van der Waals surface area contributed by atoms with E-state index >= 15 is 0 Å². The SMILES string of the molecule is CNC1CCN(S(=O)(=O)NCC(F)(F)F)C1. The Morgan fingerprint density at radius 3 is 2.50 bits per heavy atom. The zero-order valence-electron chi connectivity index (χ0n) is 8.71. The number of rotatable bonds is 4. The van der Waals surface area contributed by atoms with Gasteiger partial charge in [-0.2, -0.15) is 30.6 Å². The van der Waals surface area contributed by atoms with E-state index in [1.807, 2.05) is 0 Å². The Kier molecular flexibility index (Phi) is 4.16. The van der Waals surface area contributed by atoms with Crippen LogP contribution < -0.4 is 10.0 Å². The quantitative estimate of drug-likeness (QED) is 0.729. The first-order chi connectivity index (χ1) is 7.24. The molecule has 1 fully saturated rings. The Hall–Kier alpha value is -0.380. The van der Waals surface area contributed by atoms with Gasteiger partial charge in [-0.3, -0.25) is 0 Å². The van der Waals surface area contributed by atoms with E-state index in [2.05, 4.69) is 5.32 Å². The molecular formula is C7H14F3N3O2S. The number of likely N-dealkylation sites (N-methyl/N-ethyl adjacent to an activating group) is 1. The third-order valence-electron chi connectivity index (χ3n) is 2.35. The second kappa shape index (κ2) is 4.86. The molecule has 1 heterocycles. The van der Waals surface area contributed by atoms with Crippen molar-refractivity contribution < 1.29 is 21.6 Å². The number of nitrogens with one attached hydrogen (secondary N) is 2. The first kappa shape index (κ1) is 13.7. The van der Waals surface area contributed by atoms with E-state index in [1.165, 1.54) is 4.72 Å². The second-order valence-electron chi connectivity index (χ2n) is 3.57. The molecule has 1 atom stereocenters. The maximum Gasteiger partial charge on any atom is 0.402 e. The van der Waals surface area contributed by atoms with Crippen LogP contribution in [0.25, 0.3) is 0 Å². The highest BCUT2D eigenvalue weighted by Gasteiger charge is 2.34. The average Bonchev–Trinajstić information content (AvgIpc) is 2.62. The zero-order chi connectivity index (χ0) is 12.4. The largest absolute Gasteiger partial charge is 0.402 e. The summed E-state index contributed by atoms with van der Waals surface area (Å²) in [5.41, 5.74) is 0. The molecule has 0 radical (unpaired) electrons. The highest BCUT2D eigenvalue weighted by Crippen LogP contribution is 2.16. The molecule has 0 aromatic heterocycles.